The molecule has 1 rings (SSSR count). The summed E-state index contributed by atoms with van der Waals surface area (Å²) in [6.07, 6.45) is 10.3. The number of hydrogen-bond donors (Lipinski definition) is 1. The fourth-order valence-corrected chi connectivity index (χ4v) is 2.99. The molecule has 0 radical (unpaired) electrons. The van der Waals surface area contributed by atoms with Gasteiger partial charge in [0, 0.05) is 0 Å². The normalized spacial score (nSPS) is 16.8. The standard InChI is InChI=1S/C17H31NO4/c1-3-4-5-9-12-22-17(20)18-15(16(19)21-2)13-14-10-7-6-8-11-14/h14-15H,3-13H2,1-2H3,(H,18,20). The van der Waals surface area contributed by atoms with Crippen LogP contribution in [0, 0.1) is 5.92 Å². The molecule has 22 heavy (non-hydrogen) atoms. The van der Waals surface area contributed by atoms with Crippen molar-refractivity contribution >= 4 is 12.1 Å². The molecule has 1 saturated carbocycles. The van der Waals surface area contributed by atoms with E-state index in [0.717, 1.165) is 38.5 Å². The number of nitrogens with one attached hydrogen (secondary N) is 1. The molecule has 0 aromatic heterocycles. The maximum absolute atomic E-state index is 11.8. The first-order chi connectivity index (χ1) is 10.7. The topological polar surface area (TPSA) is 64.6 Å². The lowest BCUT2D eigenvalue weighted by molar-refractivity contribution is -0.143. The first-order valence-corrected chi connectivity index (χ1v) is 8.68. The number of ether oxygens (including phenoxy) is 2. The van der Waals surface area contributed by atoms with Gasteiger partial charge >= 0.3 is 12.1 Å². The number of carbonyl (C=O) groups excluding carboxylic acids is 2. The van der Waals surface area contributed by atoms with Crippen molar-refractivity contribution in [2.75, 3.05) is 13.7 Å². The fraction of sp³-hybridized carbons (Fsp3) is 0.882. The molecule has 1 fully saturated rings. The zero-order valence-corrected chi connectivity index (χ0v) is 14.1. The Balaban J connectivity index is 2.33. The Hall–Kier alpha value is -1.26. The summed E-state index contributed by atoms with van der Waals surface area (Å²) in [6, 6.07) is -0.587. The summed E-state index contributed by atoms with van der Waals surface area (Å²) in [5, 5.41) is 2.67. The molecule has 0 bridgehead atoms. The van der Waals surface area contributed by atoms with Crippen molar-refractivity contribution in [2.45, 2.75) is 77.2 Å². The van der Waals surface area contributed by atoms with Crippen molar-refractivity contribution in [3.63, 3.8) is 0 Å². The Morgan fingerprint density at radius 2 is 1.86 bits per heavy atom. The molecule has 5 nitrogen and oxygen atoms in total. The molecular formula is C17H31NO4. The number of esters is 1. The van der Waals surface area contributed by atoms with Crippen molar-refractivity contribution in [3.8, 4) is 0 Å². The van der Waals surface area contributed by atoms with E-state index in [1.54, 1.807) is 0 Å². The van der Waals surface area contributed by atoms with Gasteiger partial charge in [-0.2, -0.15) is 0 Å². The summed E-state index contributed by atoms with van der Waals surface area (Å²) in [7, 11) is 1.36. The third kappa shape index (κ3) is 7.66. The molecule has 0 aliphatic heterocycles. The van der Waals surface area contributed by atoms with Crippen molar-refractivity contribution in [1.29, 1.82) is 0 Å². The van der Waals surface area contributed by atoms with E-state index in [0.29, 0.717) is 18.9 Å². The molecule has 1 N–H and O–H groups in total. The molecule has 0 heterocycles. The highest BCUT2D eigenvalue weighted by atomic mass is 16.6. The molecule has 1 unspecified atom stereocenters. The Bertz CT molecular complexity index is 327. The molecule has 1 amide bonds. The van der Waals surface area contributed by atoms with Gasteiger partial charge in [-0.05, 0) is 18.8 Å². The van der Waals surface area contributed by atoms with E-state index in [-0.39, 0.29) is 5.97 Å². The summed E-state index contributed by atoms with van der Waals surface area (Å²) in [5.74, 6) is 0.108. The third-order valence-electron chi connectivity index (χ3n) is 4.30. The molecule has 5 heteroatoms. The second-order valence-corrected chi connectivity index (χ2v) is 6.16. The number of methoxy groups -OCH3 is 1. The zero-order valence-electron chi connectivity index (χ0n) is 14.1. The van der Waals surface area contributed by atoms with Crippen LogP contribution in [0.15, 0.2) is 0 Å². The first kappa shape index (κ1) is 18.8. The van der Waals surface area contributed by atoms with Crippen LogP contribution in [0.5, 0.6) is 0 Å². The Morgan fingerprint density at radius 1 is 1.14 bits per heavy atom. The average molecular weight is 313 g/mol. The van der Waals surface area contributed by atoms with E-state index in [9.17, 15) is 9.59 Å². The Labute approximate surface area is 134 Å². The molecule has 128 valence electrons. The zero-order chi connectivity index (χ0) is 16.2. The van der Waals surface area contributed by atoms with Gasteiger partial charge in [0.2, 0.25) is 0 Å². The second-order valence-electron chi connectivity index (χ2n) is 6.16. The van der Waals surface area contributed by atoms with Gasteiger partial charge in [-0.25, -0.2) is 9.59 Å². The van der Waals surface area contributed by atoms with Gasteiger partial charge in [-0.1, -0.05) is 58.3 Å². The third-order valence-corrected chi connectivity index (χ3v) is 4.30. The summed E-state index contributed by atoms with van der Waals surface area (Å²) in [6.45, 7) is 2.54. The summed E-state index contributed by atoms with van der Waals surface area (Å²) in [5.41, 5.74) is 0. The van der Waals surface area contributed by atoms with Gasteiger partial charge in [0.1, 0.15) is 6.04 Å². The largest absolute Gasteiger partial charge is 0.467 e. The van der Waals surface area contributed by atoms with Crippen LogP contribution < -0.4 is 5.32 Å². The van der Waals surface area contributed by atoms with Crippen LogP contribution in [0.1, 0.15) is 71.1 Å². The Morgan fingerprint density at radius 3 is 2.50 bits per heavy atom. The van der Waals surface area contributed by atoms with E-state index in [2.05, 4.69) is 12.2 Å². The number of alkyl carbamates (subject to hydrolysis) is 1. The molecule has 1 atom stereocenters. The van der Waals surface area contributed by atoms with Gasteiger partial charge in [0.25, 0.3) is 0 Å². The molecular weight excluding hydrogens is 282 g/mol. The highest BCUT2D eigenvalue weighted by Crippen LogP contribution is 2.27. The van der Waals surface area contributed by atoms with Gasteiger partial charge in [0.15, 0.2) is 0 Å². The van der Waals surface area contributed by atoms with Crippen molar-refractivity contribution in [1.82, 2.24) is 5.32 Å². The monoisotopic (exact) mass is 313 g/mol. The summed E-state index contributed by atoms with van der Waals surface area (Å²) in [4.78, 5) is 23.7. The summed E-state index contributed by atoms with van der Waals surface area (Å²) < 4.78 is 9.95. The van der Waals surface area contributed by atoms with E-state index in [4.69, 9.17) is 9.47 Å². The van der Waals surface area contributed by atoms with E-state index < -0.39 is 12.1 Å². The number of carbonyl (C=O) groups is 2. The molecule has 1 aliphatic rings. The lowest BCUT2D eigenvalue weighted by Crippen LogP contribution is -2.43. The van der Waals surface area contributed by atoms with Crippen LogP contribution in [-0.2, 0) is 14.3 Å². The van der Waals surface area contributed by atoms with Crippen LogP contribution >= 0.6 is 0 Å². The average Bonchev–Trinajstić information content (AvgIpc) is 2.54. The van der Waals surface area contributed by atoms with Gasteiger partial charge in [-0.15, -0.1) is 0 Å². The predicted octanol–water partition coefficient (Wildman–Crippen LogP) is 3.80. The molecule has 1 aliphatic carbocycles. The summed E-state index contributed by atoms with van der Waals surface area (Å²) >= 11 is 0. The van der Waals surface area contributed by atoms with Gasteiger partial charge < -0.3 is 14.8 Å². The minimum absolute atomic E-state index is 0.381. The van der Waals surface area contributed by atoms with Gasteiger partial charge in [-0.3, -0.25) is 0 Å². The maximum atomic E-state index is 11.8. The highest BCUT2D eigenvalue weighted by molar-refractivity contribution is 5.81. The van der Waals surface area contributed by atoms with E-state index >= 15 is 0 Å². The predicted molar refractivity (Wildman–Crippen MR) is 85.6 cm³/mol. The number of amides is 1. The lowest BCUT2D eigenvalue weighted by atomic mass is 9.85. The number of unbranched alkanes of at least 4 members (excludes halogenated alkanes) is 3. The quantitative estimate of drug-likeness (QED) is 0.519. The minimum atomic E-state index is -0.587. The van der Waals surface area contributed by atoms with Crippen LogP contribution in [-0.4, -0.2) is 31.8 Å². The molecule has 0 spiro atoms. The molecule has 0 aromatic rings. The first-order valence-electron chi connectivity index (χ1n) is 8.68. The van der Waals surface area contributed by atoms with E-state index in [1.807, 2.05) is 0 Å². The highest BCUT2D eigenvalue weighted by Gasteiger charge is 2.26. The smallest absolute Gasteiger partial charge is 0.407 e. The van der Waals surface area contributed by atoms with Crippen LogP contribution in [0.2, 0.25) is 0 Å². The van der Waals surface area contributed by atoms with E-state index in [1.165, 1.54) is 26.4 Å². The number of hydrogen-bond acceptors (Lipinski definition) is 4. The number of rotatable bonds is 9. The van der Waals surface area contributed by atoms with Crippen LogP contribution in [0.4, 0.5) is 4.79 Å². The Kier molecular flexibility index (Phi) is 9.67. The van der Waals surface area contributed by atoms with Crippen molar-refractivity contribution in [2.24, 2.45) is 5.92 Å². The lowest BCUT2D eigenvalue weighted by Gasteiger charge is -2.25. The second kappa shape index (κ2) is 11.3. The SMILES string of the molecule is CCCCCCOC(=O)NC(CC1CCCCC1)C(=O)OC. The fourth-order valence-electron chi connectivity index (χ4n) is 2.99. The van der Waals surface area contributed by atoms with Crippen LogP contribution in [0.3, 0.4) is 0 Å². The minimum Gasteiger partial charge on any atom is -0.467 e. The molecule has 0 saturated heterocycles. The molecule has 0 aromatic carbocycles. The van der Waals surface area contributed by atoms with Crippen molar-refractivity contribution < 1.29 is 19.1 Å². The van der Waals surface area contributed by atoms with Gasteiger partial charge in [0.05, 0.1) is 13.7 Å². The maximum Gasteiger partial charge on any atom is 0.407 e. The van der Waals surface area contributed by atoms with Crippen LogP contribution in [0.25, 0.3) is 0 Å². The van der Waals surface area contributed by atoms with Crippen molar-refractivity contribution in [3.05, 3.63) is 0 Å².